The first-order valence-electron chi connectivity index (χ1n) is 4.94. The van der Waals surface area contributed by atoms with Crippen LogP contribution in [-0.2, 0) is 14.3 Å². The van der Waals surface area contributed by atoms with E-state index in [0.29, 0.717) is 0 Å². The Morgan fingerprint density at radius 3 is 2.31 bits per heavy atom. The summed E-state index contributed by atoms with van der Waals surface area (Å²) in [5.41, 5.74) is -0.554. The highest BCUT2D eigenvalue weighted by molar-refractivity contribution is 6.18. The van der Waals surface area contributed by atoms with Crippen molar-refractivity contribution in [3.8, 4) is 0 Å². The van der Waals surface area contributed by atoms with Crippen LogP contribution in [0.2, 0.25) is 0 Å². The topological polar surface area (TPSA) is 64.6 Å². The number of alkyl halides is 1. The Kier molecular flexibility index (Phi) is 6.18. The third kappa shape index (κ3) is 8.35. The predicted octanol–water partition coefficient (Wildman–Crippen LogP) is 1.68. The first kappa shape index (κ1) is 15.0. The van der Waals surface area contributed by atoms with Crippen LogP contribution in [0.25, 0.3) is 0 Å². The van der Waals surface area contributed by atoms with Gasteiger partial charge in [-0.2, -0.15) is 0 Å². The number of nitrogens with one attached hydrogen (secondary N) is 1. The molecule has 0 bridgehead atoms. The lowest BCUT2D eigenvalue weighted by Crippen LogP contribution is -2.38. The molecule has 6 heteroatoms. The molecule has 0 saturated carbocycles. The average molecular weight is 252 g/mol. The van der Waals surface area contributed by atoms with Crippen LogP contribution in [0, 0.1) is 0 Å². The van der Waals surface area contributed by atoms with E-state index < -0.39 is 23.8 Å². The van der Waals surface area contributed by atoms with Gasteiger partial charge in [-0.3, -0.25) is 4.79 Å². The Bertz CT molecular complexity index is 250. The van der Waals surface area contributed by atoms with Crippen LogP contribution in [-0.4, -0.2) is 36.2 Å². The lowest BCUT2D eigenvalue weighted by atomic mass is 10.2. The Balaban J connectivity index is 3.93. The highest BCUT2D eigenvalue weighted by Gasteiger charge is 2.18. The van der Waals surface area contributed by atoms with Gasteiger partial charge in [-0.15, -0.1) is 11.6 Å². The largest absolute Gasteiger partial charge is 0.459 e. The van der Waals surface area contributed by atoms with Crippen molar-refractivity contribution in [2.75, 3.05) is 12.4 Å². The zero-order chi connectivity index (χ0) is 12.8. The molecule has 0 fully saturated rings. The molecule has 16 heavy (non-hydrogen) atoms. The van der Waals surface area contributed by atoms with Crippen LogP contribution < -0.4 is 5.32 Å². The zero-order valence-corrected chi connectivity index (χ0v) is 10.8. The summed E-state index contributed by atoms with van der Waals surface area (Å²) in [6, 6.07) is 0. The lowest BCUT2D eigenvalue weighted by Gasteiger charge is -2.21. The van der Waals surface area contributed by atoms with Crippen LogP contribution in [0.4, 0.5) is 4.79 Å². The van der Waals surface area contributed by atoms with Gasteiger partial charge < -0.3 is 14.8 Å². The van der Waals surface area contributed by atoms with Gasteiger partial charge in [0.25, 0.3) is 0 Å². The van der Waals surface area contributed by atoms with E-state index >= 15 is 0 Å². The van der Waals surface area contributed by atoms with E-state index in [2.05, 4.69) is 5.32 Å². The van der Waals surface area contributed by atoms with Gasteiger partial charge in [0.15, 0.2) is 0 Å². The van der Waals surface area contributed by atoms with Crippen molar-refractivity contribution in [2.45, 2.75) is 39.4 Å². The van der Waals surface area contributed by atoms with E-state index in [0.717, 1.165) is 0 Å². The molecule has 0 spiro atoms. The fraction of sp³-hybridized carbons (Fsp3) is 0.800. The van der Waals surface area contributed by atoms with Crippen molar-refractivity contribution in [3.63, 3.8) is 0 Å². The fourth-order valence-corrected chi connectivity index (χ4v) is 1.05. The van der Waals surface area contributed by atoms with Crippen molar-refractivity contribution >= 4 is 23.7 Å². The third-order valence-corrected chi connectivity index (χ3v) is 1.72. The number of amides is 1. The highest BCUT2D eigenvalue weighted by Crippen LogP contribution is 2.06. The van der Waals surface area contributed by atoms with E-state index in [1.54, 1.807) is 20.8 Å². The first-order chi connectivity index (χ1) is 7.24. The maximum Gasteiger partial charge on any atom is 0.407 e. The second-order valence-corrected chi connectivity index (χ2v) is 4.58. The molecule has 0 aliphatic rings. The molecule has 0 aliphatic heterocycles. The molecular weight excluding hydrogens is 234 g/mol. The zero-order valence-electron chi connectivity index (χ0n) is 10.0. The predicted molar refractivity (Wildman–Crippen MR) is 60.5 cm³/mol. The van der Waals surface area contributed by atoms with Crippen molar-refractivity contribution < 1.29 is 19.1 Å². The summed E-state index contributed by atoms with van der Waals surface area (Å²) in [6.45, 7) is 6.71. The molecule has 0 saturated heterocycles. The fourth-order valence-electron chi connectivity index (χ4n) is 0.874. The van der Waals surface area contributed by atoms with E-state index in [1.165, 1.54) is 6.92 Å². The summed E-state index contributed by atoms with van der Waals surface area (Å²) in [4.78, 5) is 21.9. The average Bonchev–Trinajstić information content (AvgIpc) is 2.08. The summed E-state index contributed by atoms with van der Waals surface area (Å²) in [5.74, 6) is -0.313. The second kappa shape index (κ2) is 6.58. The summed E-state index contributed by atoms with van der Waals surface area (Å²) in [5, 5.41) is 2.47. The van der Waals surface area contributed by atoms with Gasteiger partial charge in [-0.1, -0.05) is 0 Å². The number of rotatable bonds is 4. The number of halogens is 1. The van der Waals surface area contributed by atoms with Crippen molar-refractivity contribution in [1.82, 2.24) is 5.32 Å². The third-order valence-electron chi connectivity index (χ3n) is 1.38. The van der Waals surface area contributed by atoms with Gasteiger partial charge in [0, 0.05) is 6.92 Å². The quantitative estimate of drug-likeness (QED) is 0.610. The molecule has 0 rings (SSSR count). The van der Waals surface area contributed by atoms with Gasteiger partial charge in [0.2, 0.25) is 0 Å². The Morgan fingerprint density at radius 2 is 1.94 bits per heavy atom. The van der Waals surface area contributed by atoms with Crippen molar-refractivity contribution in [2.24, 2.45) is 0 Å². The Labute approximate surface area is 100 Å². The molecule has 5 nitrogen and oxygen atoms in total. The normalized spacial score (nSPS) is 12.8. The molecule has 1 atom stereocenters. The summed E-state index contributed by atoms with van der Waals surface area (Å²) in [7, 11) is 0. The second-order valence-electron chi connectivity index (χ2n) is 4.27. The Hall–Kier alpha value is -0.970. The molecule has 94 valence electrons. The molecule has 0 aromatic carbocycles. The molecule has 0 aromatic rings. The molecular formula is C10H18ClNO4. The van der Waals surface area contributed by atoms with Crippen molar-refractivity contribution in [1.29, 1.82) is 0 Å². The SMILES string of the molecule is CC(=O)O[C@@H](CCl)CNC(=O)OC(C)(C)C. The van der Waals surface area contributed by atoms with Gasteiger partial charge in [0.05, 0.1) is 12.4 Å². The molecule has 0 heterocycles. The van der Waals surface area contributed by atoms with E-state index in [9.17, 15) is 9.59 Å². The monoisotopic (exact) mass is 251 g/mol. The summed E-state index contributed by atoms with van der Waals surface area (Å²) < 4.78 is 9.84. The van der Waals surface area contributed by atoms with Crippen LogP contribution in [0.3, 0.4) is 0 Å². The summed E-state index contributed by atoms with van der Waals surface area (Å²) in [6.07, 6.45) is -1.10. The van der Waals surface area contributed by atoms with Crippen LogP contribution in [0.15, 0.2) is 0 Å². The number of carbonyl (C=O) groups excluding carboxylic acids is 2. The lowest BCUT2D eigenvalue weighted by molar-refractivity contribution is -0.145. The van der Waals surface area contributed by atoms with Gasteiger partial charge >= 0.3 is 12.1 Å². The van der Waals surface area contributed by atoms with E-state index in [4.69, 9.17) is 21.1 Å². The summed E-state index contributed by atoms with van der Waals surface area (Å²) >= 11 is 5.56. The Morgan fingerprint density at radius 1 is 1.38 bits per heavy atom. The minimum Gasteiger partial charge on any atom is -0.459 e. The maximum absolute atomic E-state index is 11.2. The standard InChI is InChI=1S/C10H18ClNO4/c1-7(13)15-8(5-11)6-12-9(14)16-10(2,3)4/h8H,5-6H2,1-4H3,(H,12,14)/t8-/m0/s1. The van der Waals surface area contributed by atoms with Crippen LogP contribution in [0.5, 0.6) is 0 Å². The highest BCUT2D eigenvalue weighted by atomic mass is 35.5. The number of carbonyl (C=O) groups is 2. The number of esters is 1. The van der Waals surface area contributed by atoms with Gasteiger partial charge in [-0.25, -0.2) is 4.79 Å². The maximum atomic E-state index is 11.2. The number of hydrogen-bond acceptors (Lipinski definition) is 4. The smallest absolute Gasteiger partial charge is 0.407 e. The van der Waals surface area contributed by atoms with Crippen molar-refractivity contribution in [3.05, 3.63) is 0 Å². The number of hydrogen-bond donors (Lipinski definition) is 1. The van der Waals surface area contributed by atoms with Crippen LogP contribution >= 0.6 is 11.6 Å². The van der Waals surface area contributed by atoms with Gasteiger partial charge in [-0.05, 0) is 20.8 Å². The molecule has 0 radical (unpaired) electrons. The minimum absolute atomic E-state index is 0.120. The molecule has 1 N–H and O–H groups in total. The first-order valence-corrected chi connectivity index (χ1v) is 5.48. The number of alkyl carbamates (subject to hydrolysis) is 1. The van der Waals surface area contributed by atoms with E-state index in [1.807, 2.05) is 0 Å². The molecule has 0 aromatic heterocycles. The van der Waals surface area contributed by atoms with Crippen LogP contribution in [0.1, 0.15) is 27.7 Å². The molecule has 0 aliphatic carbocycles. The minimum atomic E-state index is -0.560. The van der Waals surface area contributed by atoms with E-state index in [-0.39, 0.29) is 12.4 Å². The molecule has 0 unspecified atom stereocenters. The molecule has 1 amide bonds. The van der Waals surface area contributed by atoms with Gasteiger partial charge in [0.1, 0.15) is 11.7 Å². The number of ether oxygens (including phenoxy) is 2.